The van der Waals surface area contributed by atoms with Crippen molar-refractivity contribution in [2.24, 2.45) is 5.92 Å². The molecule has 4 nitrogen and oxygen atoms in total. The number of fused-ring (bicyclic) bond motifs is 1. The molecule has 0 aromatic carbocycles. The third-order valence-electron chi connectivity index (χ3n) is 3.19. The van der Waals surface area contributed by atoms with E-state index in [9.17, 15) is 4.79 Å². The predicted molar refractivity (Wildman–Crippen MR) is 53.0 cm³/mol. The first-order chi connectivity index (χ1) is 6.83. The van der Waals surface area contributed by atoms with Gasteiger partial charge in [0.2, 0.25) is 5.91 Å². The summed E-state index contributed by atoms with van der Waals surface area (Å²) in [5.74, 6) is 0.636. The number of hydrogen-bond acceptors (Lipinski definition) is 3. The van der Waals surface area contributed by atoms with E-state index in [0.717, 1.165) is 32.7 Å². The second kappa shape index (κ2) is 4.28. The lowest BCUT2D eigenvalue weighted by Gasteiger charge is -2.37. The fourth-order valence-electron chi connectivity index (χ4n) is 2.47. The molecule has 0 aromatic heterocycles. The zero-order valence-corrected chi connectivity index (χ0v) is 8.66. The standard InChI is InChI=1S/C10H18N2O2/c1-2-12-9-3-4-11-5-8(9)6-14-7-10(12)13/h8-9,11H,2-7H2,1H3. The maximum absolute atomic E-state index is 11.7. The molecule has 2 fully saturated rings. The number of carbonyl (C=O) groups is 1. The molecule has 2 aliphatic rings. The van der Waals surface area contributed by atoms with E-state index >= 15 is 0 Å². The maximum Gasteiger partial charge on any atom is 0.248 e. The molecule has 2 heterocycles. The van der Waals surface area contributed by atoms with Crippen LogP contribution >= 0.6 is 0 Å². The molecule has 0 radical (unpaired) electrons. The molecule has 1 N–H and O–H groups in total. The molecule has 0 aromatic rings. The normalized spacial score (nSPS) is 33.8. The first-order valence-corrected chi connectivity index (χ1v) is 5.41. The Kier molecular flexibility index (Phi) is 3.03. The third-order valence-corrected chi connectivity index (χ3v) is 3.19. The second-order valence-corrected chi connectivity index (χ2v) is 4.02. The van der Waals surface area contributed by atoms with Gasteiger partial charge in [0.05, 0.1) is 6.61 Å². The molecule has 0 spiro atoms. The highest BCUT2D eigenvalue weighted by molar-refractivity contribution is 5.78. The van der Waals surface area contributed by atoms with Crippen LogP contribution in [0, 0.1) is 5.92 Å². The molecule has 0 bridgehead atoms. The highest BCUT2D eigenvalue weighted by atomic mass is 16.5. The molecule has 2 atom stereocenters. The van der Waals surface area contributed by atoms with E-state index in [-0.39, 0.29) is 12.5 Å². The number of piperidine rings is 1. The van der Waals surface area contributed by atoms with Crippen LogP contribution in [0.3, 0.4) is 0 Å². The van der Waals surface area contributed by atoms with Crippen molar-refractivity contribution in [1.82, 2.24) is 10.2 Å². The molecule has 80 valence electrons. The van der Waals surface area contributed by atoms with Crippen LogP contribution in [0.25, 0.3) is 0 Å². The Morgan fingerprint density at radius 3 is 3.29 bits per heavy atom. The molecular formula is C10H18N2O2. The average Bonchev–Trinajstić information content (AvgIpc) is 2.36. The minimum atomic E-state index is 0.155. The molecular weight excluding hydrogens is 180 g/mol. The van der Waals surface area contributed by atoms with Crippen molar-refractivity contribution < 1.29 is 9.53 Å². The van der Waals surface area contributed by atoms with Crippen molar-refractivity contribution in [3.05, 3.63) is 0 Å². The van der Waals surface area contributed by atoms with Crippen molar-refractivity contribution in [2.45, 2.75) is 19.4 Å². The monoisotopic (exact) mass is 198 g/mol. The largest absolute Gasteiger partial charge is 0.371 e. The van der Waals surface area contributed by atoms with Gasteiger partial charge >= 0.3 is 0 Å². The van der Waals surface area contributed by atoms with Crippen LogP contribution in [0.2, 0.25) is 0 Å². The Labute approximate surface area is 84.6 Å². The summed E-state index contributed by atoms with van der Waals surface area (Å²) in [5.41, 5.74) is 0. The van der Waals surface area contributed by atoms with E-state index in [1.54, 1.807) is 0 Å². The number of nitrogens with one attached hydrogen (secondary N) is 1. The van der Waals surface area contributed by atoms with Crippen LogP contribution in [0.4, 0.5) is 0 Å². The number of likely N-dealkylation sites (N-methyl/N-ethyl adjacent to an activating group) is 1. The Morgan fingerprint density at radius 1 is 1.64 bits per heavy atom. The number of ether oxygens (including phenoxy) is 1. The van der Waals surface area contributed by atoms with E-state index < -0.39 is 0 Å². The SMILES string of the molecule is CCN1C(=O)COCC2CNCCC21. The van der Waals surface area contributed by atoms with Gasteiger partial charge in [-0.3, -0.25) is 4.79 Å². The van der Waals surface area contributed by atoms with Crippen molar-refractivity contribution in [1.29, 1.82) is 0 Å². The Balaban J connectivity index is 2.13. The van der Waals surface area contributed by atoms with Crippen LogP contribution in [0.15, 0.2) is 0 Å². The number of rotatable bonds is 1. The summed E-state index contributed by atoms with van der Waals surface area (Å²) in [6.45, 7) is 5.84. The van der Waals surface area contributed by atoms with Gasteiger partial charge in [0.15, 0.2) is 0 Å². The molecule has 2 aliphatic heterocycles. The van der Waals surface area contributed by atoms with Gasteiger partial charge in [-0.05, 0) is 19.9 Å². The van der Waals surface area contributed by atoms with Crippen molar-refractivity contribution in [3.63, 3.8) is 0 Å². The predicted octanol–water partition coefficient (Wildman–Crippen LogP) is -0.157. The number of amides is 1. The summed E-state index contributed by atoms with van der Waals surface area (Å²) >= 11 is 0. The molecule has 0 aliphatic carbocycles. The van der Waals surface area contributed by atoms with Crippen LogP contribution in [-0.4, -0.2) is 49.7 Å². The fraction of sp³-hybridized carbons (Fsp3) is 0.900. The molecule has 14 heavy (non-hydrogen) atoms. The Morgan fingerprint density at radius 2 is 2.50 bits per heavy atom. The van der Waals surface area contributed by atoms with Crippen LogP contribution < -0.4 is 5.32 Å². The van der Waals surface area contributed by atoms with E-state index in [1.807, 2.05) is 11.8 Å². The lowest BCUT2D eigenvalue weighted by Crippen LogP contribution is -2.51. The second-order valence-electron chi connectivity index (χ2n) is 4.02. The Bertz CT molecular complexity index is 220. The van der Waals surface area contributed by atoms with Gasteiger partial charge in [-0.25, -0.2) is 0 Å². The van der Waals surface area contributed by atoms with Gasteiger partial charge in [-0.2, -0.15) is 0 Å². The lowest BCUT2D eigenvalue weighted by atomic mass is 9.93. The molecule has 2 unspecified atom stereocenters. The molecule has 0 saturated carbocycles. The summed E-state index contributed by atoms with van der Waals surface area (Å²) in [4.78, 5) is 13.7. The van der Waals surface area contributed by atoms with Crippen molar-refractivity contribution >= 4 is 5.91 Å². The van der Waals surface area contributed by atoms with Crippen molar-refractivity contribution in [2.75, 3.05) is 32.8 Å². The van der Waals surface area contributed by atoms with Crippen LogP contribution in [0.1, 0.15) is 13.3 Å². The van der Waals surface area contributed by atoms with E-state index in [1.165, 1.54) is 0 Å². The number of nitrogens with zero attached hydrogens (tertiary/aromatic N) is 1. The number of hydrogen-bond donors (Lipinski definition) is 1. The van der Waals surface area contributed by atoms with Gasteiger partial charge in [0.25, 0.3) is 0 Å². The van der Waals surface area contributed by atoms with Crippen LogP contribution in [-0.2, 0) is 9.53 Å². The fourth-order valence-corrected chi connectivity index (χ4v) is 2.47. The van der Waals surface area contributed by atoms with E-state index in [4.69, 9.17) is 4.74 Å². The minimum Gasteiger partial charge on any atom is -0.371 e. The summed E-state index contributed by atoms with van der Waals surface area (Å²) in [6, 6.07) is 0.399. The summed E-state index contributed by atoms with van der Waals surface area (Å²) in [5, 5.41) is 3.35. The zero-order chi connectivity index (χ0) is 9.97. The van der Waals surface area contributed by atoms with Gasteiger partial charge in [0, 0.05) is 25.0 Å². The first-order valence-electron chi connectivity index (χ1n) is 5.41. The minimum absolute atomic E-state index is 0.155. The smallest absolute Gasteiger partial charge is 0.248 e. The lowest BCUT2D eigenvalue weighted by molar-refractivity contribution is -0.135. The maximum atomic E-state index is 11.7. The third kappa shape index (κ3) is 1.77. The van der Waals surface area contributed by atoms with Gasteiger partial charge in [-0.15, -0.1) is 0 Å². The number of carbonyl (C=O) groups excluding carboxylic acids is 1. The van der Waals surface area contributed by atoms with Gasteiger partial charge in [-0.1, -0.05) is 0 Å². The molecule has 4 heteroatoms. The molecule has 2 saturated heterocycles. The highest BCUT2D eigenvalue weighted by Gasteiger charge is 2.34. The van der Waals surface area contributed by atoms with Crippen LogP contribution in [0.5, 0.6) is 0 Å². The topological polar surface area (TPSA) is 41.6 Å². The Hall–Kier alpha value is -0.610. The van der Waals surface area contributed by atoms with E-state index in [2.05, 4.69) is 5.32 Å². The first kappa shape index (κ1) is 9.93. The van der Waals surface area contributed by atoms with E-state index in [0.29, 0.717) is 12.0 Å². The van der Waals surface area contributed by atoms with Gasteiger partial charge in [0.1, 0.15) is 6.61 Å². The quantitative estimate of drug-likeness (QED) is 0.637. The summed E-state index contributed by atoms with van der Waals surface area (Å²) in [7, 11) is 0. The molecule has 2 rings (SSSR count). The average molecular weight is 198 g/mol. The highest BCUT2D eigenvalue weighted by Crippen LogP contribution is 2.21. The zero-order valence-electron chi connectivity index (χ0n) is 8.66. The van der Waals surface area contributed by atoms with Crippen molar-refractivity contribution in [3.8, 4) is 0 Å². The summed E-state index contributed by atoms with van der Waals surface area (Å²) in [6.07, 6.45) is 1.06. The summed E-state index contributed by atoms with van der Waals surface area (Å²) < 4.78 is 5.38. The molecule has 1 amide bonds. The van der Waals surface area contributed by atoms with Gasteiger partial charge < -0.3 is 15.0 Å².